The first-order valence-electron chi connectivity index (χ1n) is 9.09. The lowest BCUT2D eigenvalue weighted by Gasteiger charge is -2.15. The quantitative estimate of drug-likeness (QED) is 0.463. The molecule has 1 aliphatic heterocycles. The van der Waals surface area contributed by atoms with Crippen molar-refractivity contribution < 1.29 is 18.0 Å². The van der Waals surface area contributed by atoms with E-state index in [1.165, 1.54) is 18.2 Å². The Balaban J connectivity index is 1.67. The fourth-order valence-corrected chi connectivity index (χ4v) is 3.84. The van der Waals surface area contributed by atoms with Crippen LogP contribution in [0.15, 0.2) is 71.3 Å². The number of aryl methyl sites for hydroxylation is 1. The molecule has 10 heteroatoms. The molecule has 31 heavy (non-hydrogen) atoms. The number of nitrogens with two attached hydrogens (primary N) is 1. The van der Waals surface area contributed by atoms with Crippen molar-refractivity contribution in [2.24, 2.45) is 5.14 Å². The Hall–Kier alpha value is -3.40. The van der Waals surface area contributed by atoms with Crippen LogP contribution in [-0.4, -0.2) is 24.8 Å². The average Bonchev–Trinajstić information content (AvgIpc) is 3.29. The number of hydrazine groups is 1. The van der Waals surface area contributed by atoms with E-state index in [9.17, 15) is 18.0 Å². The summed E-state index contributed by atoms with van der Waals surface area (Å²) in [5.41, 5.74) is 5.00. The number of benzene rings is 2. The third kappa shape index (κ3) is 3.98. The number of nitrogens with one attached hydrogen (secondary N) is 1. The van der Waals surface area contributed by atoms with E-state index in [1.54, 1.807) is 53.2 Å². The molecule has 0 unspecified atom stereocenters. The number of anilines is 1. The normalized spacial score (nSPS) is 15.6. The minimum Gasteiger partial charge on any atom is -0.317 e. The molecule has 1 fully saturated rings. The Morgan fingerprint density at radius 3 is 2.35 bits per heavy atom. The first-order valence-corrected chi connectivity index (χ1v) is 11.0. The number of aromatic nitrogens is 1. The second kappa shape index (κ2) is 7.69. The molecule has 0 atom stereocenters. The first kappa shape index (κ1) is 20.9. The predicted octanol–water partition coefficient (Wildman–Crippen LogP) is 2.55. The standard InChI is InChI=1S/C21H17ClN4O4S/c1-13-4-5-16(12-19(13)22)26-21(28)18(20(27)24-26)11-15-3-2-10-25(15)14-6-8-17(9-7-14)31(23,29)30/h2-12H,1H3,(H,24,27)(H2,23,29,30)/b18-11+. The van der Waals surface area contributed by atoms with E-state index in [2.05, 4.69) is 5.43 Å². The molecule has 158 valence electrons. The highest BCUT2D eigenvalue weighted by atomic mass is 35.5. The summed E-state index contributed by atoms with van der Waals surface area (Å²) in [5, 5.41) is 6.76. The minimum atomic E-state index is -3.80. The molecule has 0 aliphatic carbocycles. The highest BCUT2D eigenvalue weighted by Gasteiger charge is 2.34. The summed E-state index contributed by atoms with van der Waals surface area (Å²) < 4.78 is 24.6. The van der Waals surface area contributed by atoms with Crippen LogP contribution in [0.3, 0.4) is 0 Å². The van der Waals surface area contributed by atoms with Crippen molar-refractivity contribution in [2.75, 3.05) is 5.01 Å². The maximum atomic E-state index is 12.9. The number of nitrogens with zero attached hydrogens (tertiary/aromatic N) is 2. The lowest BCUT2D eigenvalue weighted by Crippen LogP contribution is -2.35. The molecule has 2 aromatic carbocycles. The summed E-state index contributed by atoms with van der Waals surface area (Å²) in [6.45, 7) is 1.84. The average molecular weight is 457 g/mol. The molecule has 8 nitrogen and oxygen atoms in total. The van der Waals surface area contributed by atoms with Gasteiger partial charge in [0, 0.05) is 22.6 Å². The van der Waals surface area contributed by atoms with Gasteiger partial charge in [-0.2, -0.15) is 0 Å². The largest absolute Gasteiger partial charge is 0.317 e. The van der Waals surface area contributed by atoms with Crippen molar-refractivity contribution in [2.45, 2.75) is 11.8 Å². The number of hydrogen-bond donors (Lipinski definition) is 2. The summed E-state index contributed by atoms with van der Waals surface area (Å²) >= 11 is 6.14. The zero-order chi connectivity index (χ0) is 22.3. The van der Waals surface area contributed by atoms with E-state index >= 15 is 0 Å². The van der Waals surface area contributed by atoms with Crippen molar-refractivity contribution in [3.05, 3.63) is 82.6 Å². The lowest BCUT2D eigenvalue weighted by molar-refractivity contribution is -0.117. The molecule has 3 N–H and O–H groups in total. The third-order valence-electron chi connectivity index (χ3n) is 4.82. The minimum absolute atomic E-state index is 0.0129. The molecule has 3 aromatic rings. The van der Waals surface area contributed by atoms with E-state index in [-0.39, 0.29) is 10.5 Å². The Labute approximate surface area is 183 Å². The molecular weight excluding hydrogens is 440 g/mol. The first-order chi connectivity index (χ1) is 14.6. The van der Waals surface area contributed by atoms with Crippen LogP contribution >= 0.6 is 11.6 Å². The van der Waals surface area contributed by atoms with Crippen molar-refractivity contribution >= 4 is 45.2 Å². The van der Waals surface area contributed by atoms with Gasteiger partial charge < -0.3 is 4.57 Å². The zero-order valence-corrected chi connectivity index (χ0v) is 17.8. The summed E-state index contributed by atoms with van der Waals surface area (Å²) in [7, 11) is -3.80. The number of rotatable bonds is 4. The summed E-state index contributed by atoms with van der Waals surface area (Å²) in [4.78, 5) is 25.4. The number of primary sulfonamides is 1. The van der Waals surface area contributed by atoms with Gasteiger partial charge in [0.05, 0.1) is 10.6 Å². The van der Waals surface area contributed by atoms with Gasteiger partial charge in [-0.3, -0.25) is 15.0 Å². The van der Waals surface area contributed by atoms with E-state index in [1.807, 2.05) is 6.92 Å². The van der Waals surface area contributed by atoms with Gasteiger partial charge in [-0.25, -0.2) is 18.6 Å². The van der Waals surface area contributed by atoms with Crippen LogP contribution in [-0.2, 0) is 19.6 Å². The van der Waals surface area contributed by atoms with E-state index < -0.39 is 21.8 Å². The molecule has 1 aliphatic rings. The van der Waals surface area contributed by atoms with Gasteiger partial charge >= 0.3 is 0 Å². The lowest BCUT2D eigenvalue weighted by atomic mass is 10.2. The number of carbonyl (C=O) groups is 2. The Kier molecular flexibility index (Phi) is 5.18. The summed E-state index contributed by atoms with van der Waals surface area (Å²) in [5.74, 6) is -1.05. The fourth-order valence-electron chi connectivity index (χ4n) is 3.15. The second-order valence-electron chi connectivity index (χ2n) is 6.91. The maximum absolute atomic E-state index is 12.9. The van der Waals surface area contributed by atoms with Crippen LogP contribution < -0.4 is 15.6 Å². The van der Waals surface area contributed by atoms with Crippen LogP contribution in [0.1, 0.15) is 11.3 Å². The third-order valence-corrected chi connectivity index (χ3v) is 6.16. The fraction of sp³-hybridized carbons (Fsp3) is 0.0476. The number of sulfonamides is 1. The van der Waals surface area contributed by atoms with Crippen LogP contribution in [0, 0.1) is 6.92 Å². The number of amides is 2. The second-order valence-corrected chi connectivity index (χ2v) is 8.88. The molecule has 0 spiro atoms. The van der Waals surface area contributed by atoms with Crippen LogP contribution in [0.2, 0.25) is 5.02 Å². The topological polar surface area (TPSA) is 114 Å². The smallest absolute Gasteiger partial charge is 0.282 e. The highest BCUT2D eigenvalue weighted by molar-refractivity contribution is 7.89. The van der Waals surface area contributed by atoms with E-state index in [4.69, 9.17) is 16.7 Å². The van der Waals surface area contributed by atoms with Gasteiger partial charge in [-0.15, -0.1) is 0 Å². The van der Waals surface area contributed by atoms with Crippen LogP contribution in [0.5, 0.6) is 0 Å². The SMILES string of the molecule is Cc1ccc(N2NC(=O)/C(=C\c3cccn3-c3ccc(S(N)(=O)=O)cc3)C2=O)cc1Cl. The number of halogens is 1. The molecule has 0 saturated carbocycles. The molecule has 0 radical (unpaired) electrons. The number of hydrogen-bond acceptors (Lipinski definition) is 4. The van der Waals surface area contributed by atoms with E-state index in [0.29, 0.717) is 22.1 Å². The predicted molar refractivity (Wildman–Crippen MR) is 117 cm³/mol. The maximum Gasteiger partial charge on any atom is 0.282 e. The van der Waals surface area contributed by atoms with Crippen molar-refractivity contribution in [3.63, 3.8) is 0 Å². The molecule has 1 saturated heterocycles. The van der Waals surface area contributed by atoms with Gasteiger partial charge in [0.2, 0.25) is 10.0 Å². The van der Waals surface area contributed by atoms with Gasteiger partial charge in [0.25, 0.3) is 11.8 Å². The van der Waals surface area contributed by atoms with Gasteiger partial charge in [-0.05, 0) is 67.1 Å². The van der Waals surface area contributed by atoms with Crippen molar-refractivity contribution in [1.82, 2.24) is 9.99 Å². The van der Waals surface area contributed by atoms with Crippen LogP contribution in [0.4, 0.5) is 5.69 Å². The van der Waals surface area contributed by atoms with Crippen molar-refractivity contribution in [3.8, 4) is 5.69 Å². The van der Waals surface area contributed by atoms with Gasteiger partial charge in [0.15, 0.2) is 0 Å². The zero-order valence-electron chi connectivity index (χ0n) is 16.2. The summed E-state index contributed by atoms with van der Waals surface area (Å²) in [6, 6.07) is 14.5. The highest BCUT2D eigenvalue weighted by Crippen LogP contribution is 2.27. The number of carbonyl (C=O) groups excluding carboxylic acids is 2. The molecule has 0 bridgehead atoms. The molecule has 4 rings (SSSR count). The molecule has 1 aromatic heterocycles. The molecule has 2 amide bonds. The van der Waals surface area contributed by atoms with E-state index in [0.717, 1.165) is 10.6 Å². The Bertz CT molecular complexity index is 1340. The molecular formula is C21H17ClN4O4S. The van der Waals surface area contributed by atoms with Crippen molar-refractivity contribution in [1.29, 1.82) is 0 Å². The van der Waals surface area contributed by atoms with Crippen LogP contribution in [0.25, 0.3) is 11.8 Å². The monoisotopic (exact) mass is 456 g/mol. The molecule has 2 heterocycles. The van der Waals surface area contributed by atoms with Gasteiger partial charge in [0.1, 0.15) is 5.57 Å². The summed E-state index contributed by atoms with van der Waals surface area (Å²) in [6.07, 6.45) is 3.20. The van der Waals surface area contributed by atoms with Gasteiger partial charge in [-0.1, -0.05) is 17.7 Å². The Morgan fingerprint density at radius 1 is 1.03 bits per heavy atom. The Morgan fingerprint density at radius 2 is 1.71 bits per heavy atom.